The van der Waals surface area contributed by atoms with Gasteiger partial charge >= 0.3 is 0 Å². The Morgan fingerprint density at radius 3 is 2.17 bits per heavy atom. The first-order valence-corrected chi connectivity index (χ1v) is 5.53. The number of rotatable bonds is 3. The molecule has 18 heavy (non-hydrogen) atoms. The van der Waals surface area contributed by atoms with E-state index in [4.69, 9.17) is 0 Å². The van der Waals surface area contributed by atoms with Gasteiger partial charge in [-0.2, -0.15) is 0 Å². The minimum atomic E-state index is -2.06. The maximum absolute atomic E-state index is 12.0. The molecule has 2 rings (SSSR count). The summed E-state index contributed by atoms with van der Waals surface area (Å²) in [5.41, 5.74) is -1.21. The van der Waals surface area contributed by atoms with Gasteiger partial charge < -0.3 is 5.11 Å². The number of hydrogen-bond acceptors (Lipinski definition) is 4. The first-order valence-electron chi connectivity index (χ1n) is 5.53. The van der Waals surface area contributed by atoms with Crippen LogP contribution in [0.3, 0.4) is 0 Å². The third kappa shape index (κ3) is 1.71. The smallest absolute Gasteiger partial charge is 0.203 e. The van der Waals surface area contributed by atoms with E-state index in [0.717, 1.165) is 0 Å². The highest BCUT2D eigenvalue weighted by Crippen LogP contribution is 2.32. The van der Waals surface area contributed by atoms with Gasteiger partial charge in [0.05, 0.1) is 0 Å². The van der Waals surface area contributed by atoms with Crippen LogP contribution >= 0.6 is 0 Å². The molecule has 4 nitrogen and oxygen atoms in total. The SMILES string of the molecule is C/C(C=O)=C\CC1(O)C(=O)c2ccccc2C1=O. The lowest BCUT2D eigenvalue weighted by Gasteiger charge is -2.16. The molecule has 0 unspecified atom stereocenters. The quantitative estimate of drug-likeness (QED) is 0.494. The minimum Gasteiger partial charge on any atom is -0.374 e. The molecule has 1 aromatic rings. The number of benzene rings is 1. The zero-order valence-corrected chi connectivity index (χ0v) is 9.84. The summed E-state index contributed by atoms with van der Waals surface area (Å²) in [6.45, 7) is 1.55. The molecule has 0 aromatic heterocycles. The van der Waals surface area contributed by atoms with Gasteiger partial charge in [0.15, 0.2) is 5.60 Å². The normalized spacial score (nSPS) is 17.8. The van der Waals surface area contributed by atoms with Gasteiger partial charge in [-0.05, 0) is 12.5 Å². The molecule has 4 heteroatoms. The predicted octanol–water partition coefficient (Wildman–Crippen LogP) is 1.33. The number of allylic oxidation sites excluding steroid dienone is 1. The van der Waals surface area contributed by atoms with Crippen LogP contribution in [0.25, 0.3) is 0 Å². The fourth-order valence-electron chi connectivity index (χ4n) is 1.97. The van der Waals surface area contributed by atoms with Crippen molar-refractivity contribution in [1.82, 2.24) is 0 Å². The number of ketones is 2. The van der Waals surface area contributed by atoms with Gasteiger partial charge in [0, 0.05) is 17.5 Å². The Balaban J connectivity index is 2.41. The van der Waals surface area contributed by atoms with Gasteiger partial charge in [0.25, 0.3) is 0 Å². The van der Waals surface area contributed by atoms with E-state index in [-0.39, 0.29) is 17.5 Å². The molecule has 0 amide bonds. The van der Waals surface area contributed by atoms with Crippen LogP contribution in [-0.2, 0) is 4.79 Å². The van der Waals surface area contributed by atoms with Crippen LogP contribution in [-0.4, -0.2) is 28.6 Å². The molecule has 0 aliphatic heterocycles. The number of fused-ring (bicyclic) bond motifs is 1. The van der Waals surface area contributed by atoms with Crippen molar-refractivity contribution in [1.29, 1.82) is 0 Å². The number of hydrogen-bond donors (Lipinski definition) is 1. The van der Waals surface area contributed by atoms with E-state index in [9.17, 15) is 19.5 Å². The molecular weight excluding hydrogens is 232 g/mol. The zero-order chi connectivity index (χ0) is 13.3. The Bertz CT molecular complexity index is 534. The molecule has 0 atom stereocenters. The van der Waals surface area contributed by atoms with Gasteiger partial charge in [-0.3, -0.25) is 14.4 Å². The standard InChI is InChI=1S/C14H12O4/c1-9(8-15)6-7-14(18)12(16)10-4-2-3-5-11(10)13(14)17/h2-6,8,18H,7H2,1H3/b9-6+. The van der Waals surface area contributed by atoms with E-state index < -0.39 is 17.2 Å². The van der Waals surface area contributed by atoms with Gasteiger partial charge in [-0.1, -0.05) is 30.3 Å². The second kappa shape index (κ2) is 4.31. The molecule has 1 N–H and O–H groups in total. The Morgan fingerprint density at radius 2 is 1.72 bits per heavy atom. The van der Waals surface area contributed by atoms with Gasteiger partial charge in [0.2, 0.25) is 11.6 Å². The molecular formula is C14H12O4. The van der Waals surface area contributed by atoms with E-state index in [1.165, 1.54) is 18.2 Å². The molecule has 0 fully saturated rings. The fraction of sp³-hybridized carbons (Fsp3) is 0.214. The average Bonchev–Trinajstić information content (AvgIpc) is 2.59. The number of aldehydes is 1. The molecule has 0 heterocycles. The number of carbonyl (C=O) groups is 3. The Hall–Kier alpha value is -2.07. The van der Waals surface area contributed by atoms with E-state index in [1.54, 1.807) is 19.1 Å². The molecule has 0 saturated heterocycles. The lowest BCUT2D eigenvalue weighted by atomic mass is 9.93. The lowest BCUT2D eigenvalue weighted by Crippen LogP contribution is -2.40. The summed E-state index contributed by atoms with van der Waals surface area (Å²) in [7, 11) is 0. The Morgan fingerprint density at radius 1 is 1.22 bits per heavy atom. The van der Waals surface area contributed by atoms with Crippen LogP contribution in [0.2, 0.25) is 0 Å². The first kappa shape index (κ1) is 12.4. The Kier molecular flexibility index (Phi) is 2.97. The van der Waals surface area contributed by atoms with Crippen LogP contribution < -0.4 is 0 Å². The summed E-state index contributed by atoms with van der Waals surface area (Å²) in [5, 5.41) is 10.2. The Labute approximate surface area is 104 Å². The summed E-state index contributed by atoms with van der Waals surface area (Å²) in [5.74, 6) is -1.20. The van der Waals surface area contributed by atoms with Crippen molar-refractivity contribution >= 4 is 17.9 Å². The summed E-state index contributed by atoms with van der Waals surface area (Å²) >= 11 is 0. The predicted molar refractivity (Wildman–Crippen MR) is 64.5 cm³/mol. The molecule has 0 radical (unpaired) electrons. The maximum atomic E-state index is 12.0. The zero-order valence-electron chi connectivity index (χ0n) is 9.84. The van der Waals surface area contributed by atoms with Crippen LogP contribution in [0.5, 0.6) is 0 Å². The van der Waals surface area contributed by atoms with Gasteiger partial charge in [0.1, 0.15) is 6.29 Å². The monoisotopic (exact) mass is 244 g/mol. The number of aliphatic hydroxyl groups is 1. The first-order chi connectivity index (χ1) is 8.50. The second-order valence-corrected chi connectivity index (χ2v) is 4.33. The van der Waals surface area contributed by atoms with E-state index in [1.807, 2.05) is 0 Å². The summed E-state index contributed by atoms with van der Waals surface area (Å²) in [4.78, 5) is 34.6. The van der Waals surface area contributed by atoms with Gasteiger partial charge in [-0.25, -0.2) is 0 Å². The van der Waals surface area contributed by atoms with E-state index >= 15 is 0 Å². The van der Waals surface area contributed by atoms with Crippen molar-refractivity contribution in [2.75, 3.05) is 0 Å². The molecule has 0 spiro atoms. The summed E-state index contributed by atoms with van der Waals surface area (Å²) < 4.78 is 0. The lowest BCUT2D eigenvalue weighted by molar-refractivity contribution is -0.104. The van der Waals surface area contributed by atoms with Gasteiger partial charge in [-0.15, -0.1) is 0 Å². The third-order valence-corrected chi connectivity index (χ3v) is 3.07. The van der Waals surface area contributed by atoms with Crippen molar-refractivity contribution in [2.24, 2.45) is 0 Å². The van der Waals surface area contributed by atoms with Crippen LogP contribution in [0, 0.1) is 0 Å². The number of carbonyl (C=O) groups excluding carboxylic acids is 3. The number of Topliss-reactive ketones (excluding diaryl/α,β-unsaturated/α-hetero) is 2. The van der Waals surface area contributed by atoms with E-state index in [0.29, 0.717) is 11.9 Å². The van der Waals surface area contributed by atoms with Crippen molar-refractivity contribution in [3.05, 3.63) is 47.0 Å². The largest absolute Gasteiger partial charge is 0.374 e. The summed E-state index contributed by atoms with van der Waals surface area (Å²) in [6, 6.07) is 6.32. The molecule has 1 aliphatic rings. The second-order valence-electron chi connectivity index (χ2n) is 4.33. The van der Waals surface area contributed by atoms with Crippen molar-refractivity contribution in [2.45, 2.75) is 18.9 Å². The van der Waals surface area contributed by atoms with Crippen LogP contribution in [0.1, 0.15) is 34.1 Å². The third-order valence-electron chi connectivity index (χ3n) is 3.07. The molecule has 0 saturated carbocycles. The molecule has 1 aliphatic carbocycles. The van der Waals surface area contributed by atoms with Crippen LogP contribution in [0.4, 0.5) is 0 Å². The highest BCUT2D eigenvalue weighted by molar-refractivity contribution is 6.31. The highest BCUT2D eigenvalue weighted by Gasteiger charge is 2.50. The van der Waals surface area contributed by atoms with Crippen molar-refractivity contribution in [3.8, 4) is 0 Å². The van der Waals surface area contributed by atoms with E-state index in [2.05, 4.69) is 0 Å². The summed E-state index contributed by atoms with van der Waals surface area (Å²) in [6.07, 6.45) is 1.83. The molecule has 0 bridgehead atoms. The fourth-order valence-corrected chi connectivity index (χ4v) is 1.97. The van der Waals surface area contributed by atoms with Crippen molar-refractivity contribution < 1.29 is 19.5 Å². The molecule has 92 valence electrons. The highest BCUT2D eigenvalue weighted by atomic mass is 16.3. The minimum absolute atomic E-state index is 0.177. The van der Waals surface area contributed by atoms with Crippen molar-refractivity contribution in [3.63, 3.8) is 0 Å². The molecule has 1 aromatic carbocycles. The maximum Gasteiger partial charge on any atom is 0.203 e. The average molecular weight is 244 g/mol. The topological polar surface area (TPSA) is 71.4 Å². The van der Waals surface area contributed by atoms with Crippen LogP contribution in [0.15, 0.2) is 35.9 Å².